The van der Waals surface area contributed by atoms with Crippen LogP contribution >= 0.6 is 0 Å². The summed E-state index contributed by atoms with van der Waals surface area (Å²) in [5, 5.41) is 6.71. The molecule has 0 spiro atoms. The predicted octanol–water partition coefficient (Wildman–Crippen LogP) is 1.28. The van der Waals surface area contributed by atoms with Crippen molar-refractivity contribution in [1.29, 1.82) is 0 Å². The van der Waals surface area contributed by atoms with Crippen molar-refractivity contribution >= 4 is 5.91 Å². The Labute approximate surface area is 128 Å². The molecule has 2 unspecified atom stereocenters. The van der Waals surface area contributed by atoms with Gasteiger partial charge in [0, 0.05) is 19.2 Å². The van der Waals surface area contributed by atoms with E-state index in [4.69, 9.17) is 15.0 Å². The van der Waals surface area contributed by atoms with Crippen LogP contribution in [0.4, 0.5) is 0 Å². The van der Waals surface area contributed by atoms with Crippen LogP contribution in [0.25, 0.3) is 11.5 Å². The molecule has 0 radical (unpaired) electrons. The van der Waals surface area contributed by atoms with Gasteiger partial charge < -0.3 is 20.3 Å². The van der Waals surface area contributed by atoms with E-state index < -0.39 is 0 Å². The molecule has 0 aliphatic rings. The lowest BCUT2D eigenvalue weighted by atomic mass is 10.2. The highest BCUT2D eigenvalue weighted by molar-refractivity contribution is 5.76. The zero-order chi connectivity index (χ0) is 15.9. The quantitative estimate of drug-likeness (QED) is 0.798. The Balaban J connectivity index is 1.97. The fourth-order valence-electron chi connectivity index (χ4n) is 1.94. The fourth-order valence-corrected chi connectivity index (χ4v) is 1.94. The van der Waals surface area contributed by atoms with Gasteiger partial charge in [0.25, 0.3) is 5.89 Å². The minimum Gasteiger partial charge on any atom is -0.380 e. The summed E-state index contributed by atoms with van der Waals surface area (Å²) >= 11 is 0. The third-order valence-corrected chi connectivity index (χ3v) is 3.24. The molecule has 0 bridgehead atoms. The van der Waals surface area contributed by atoms with Gasteiger partial charge in [0.05, 0.1) is 18.6 Å². The van der Waals surface area contributed by atoms with Gasteiger partial charge in [-0.15, -0.1) is 0 Å². The first-order valence-corrected chi connectivity index (χ1v) is 7.05. The molecule has 2 rings (SSSR count). The highest BCUT2D eigenvalue weighted by atomic mass is 16.5. The van der Waals surface area contributed by atoms with E-state index in [2.05, 4.69) is 15.5 Å². The number of benzene rings is 1. The first-order valence-electron chi connectivity index (χ1n) is 7.05. The summed E-state index contributed by atoms with van der Waals surface area (Å²) in [4.78, 5) is 16.2. The highest BCUT2D eigenvalue weighted by Crippen LogP contribution is 2.18. The Bertz CT molecular complexity index is 596. The summed E-state index contributed by atoms with van der Waals surface area (Å²) in [7, 11) is 1.53. The first kappa shape index (κ1) is 16.1. The average molecular weight is 304 g/mol. The van der Waals surface area contributed by atoms with Crippen LogP contribution in [-0.2, 0) is 9.53 Å². The van der Waals surface area contributed by atoms with Gasteiger partial charge in [0.2, 0.25) is 5.91 Å². The maximum Gasteiger partial charge on any atom is 0.257 e. The number of nitrogens with zero attached hydrogens (tertiary/aromatic N) is 2. The van der Waals surface area contributed by atoms with E-state index >= 15 is 0 Å². The molecule has 2 atom stereocenters. The normalized spacial score (nSPS) is 13.6. The molecule has 7 heteroatoms. The van der Waals surface area contributed by atoms with Gasteiger partial charge >= 0.3 is 0 Å². The van der Waals surface area contributed by atoms with Crippen molar-refractivity contribution in [3.63, 3.8) is 0 Å². The van der Waals surface area contributed by atoms with Crippen LogP contribution in [0, 0.1) is 0 Å². The Kier molecular flexibility index (Phi) is 5.62. The molecule has 22 heavy (non-hydrogen) atoms. The van der Waals surface area contributed by atoms with Crippen molar-refractivity contribution in [3.05, 3.63) is 36.2 Å². The number of nitrogens with two attached hydrogens (primary N) is 1. The number of aromatic nitrogens is 2. The van der Waals surface area contributed by atoms with E-state index in [1.54, 1.807) is 6.92 Å². The third kappa shape index (κ3) is 4.12. The van der Waals surface area contributed by atoms with Crippen LogP contribution in [0.3, 0.4) is 0 Å². The van der Waals surface area contributed by atoms with Crippen LogP contribution in [-0.4, -0.2) is 35.8 Å². The predicted molar refractivity (Wildman–Crippen MR) is 80.8 cm³/mol. The van der Waals surface area contributed by atoms with Gasteiger partial charge in [-0.25, -0.2) is 0 Å². The summed E-state index contributed by atoms with van der Waals surface area (Å²) < 4.78 is 10.3. The van der Waals surface area contributed by atoms with Crippen LogP contribution in [0.5, 0.6) is 0 Å². The van der Waals surface area contributed by atoms with Crippen molar-refractivity contribution in [2.75, 3.05) is 13.7 Å². The molecule has 7 nitrogen and oxygen atoms in total. The van der Waals surface area contributed by atoms with Gasteiger partial charge in [-0.05, 0) is 19.1 Å². The van der Waals surface area contributed by atoms with E-state index in [1.165, 1.54) is 7.11 Å². The van der Waals surface area contributed by atoms with Gasteiger partial charge in [0.1, 0.15) is 0 Å². The first-order chi connectivity index (χ1) is 10.6. The van der Waals surface area contributed by atoms with E-state index in [-0.39, 0.29) is 24.5 Å². The van der Waals surface area contributed by atoms with Crippen molar-refractivity contribution in [1.82, 2.24) is 15.5 Å². The van der Waals surface area contributed by atoms with Gasteiger partial charge in [0.15, 0.2) is 5.82 Å². The monoisotopic (exact) mass is 304 g/mol. The molecule has 0 saturated heterocycles. The number of methoxy groups -OCH3 is 1. The number of nitrogens with one attached hydrogen (secondary N) is 1. The maximum absolute atomic E-state index is 11.9. The number of amides is 1. The average Bonchev–Trinajstić information content (AvgIpc) is 3.03. The van der Waals surface area contributed by atoms with Crippen molar-refractivity contribution in [3.8, 4) is 11.5 Å². The molecule has 118 valence electrons. The minimum absolute atomic E-state index is 0.170. The molecule has 0 aliphatic carbocycles. The second-order valence-electron chi connectivity index (χ2n) is 4.91. The zero-order valence-electron chi connectivity index (χ0n) is 12.7. The third-order valence-electron chi connectivity index (χ3n) is 3.24. The number of carbonyl (C=O) groups is 1. The molecule has 0 saturated carbocycles. The second-order valence-corrected chi connectivity index (χ2v) is 4.91. The van der Waals surface area contributed by atoms with Gasteiger partial charge in [-0.3, -0.25) is 4.79 Å². The molecular weight excluding hydrogens is 284 g/mol. The summed E-state index contributed by atoms with van der Waals surface area (Å²) in [6, 6.07) is 9.09. The second kappa shape index (κ2) is 7.67. The number of hydrogen-bond donors (Lipinski definition) is 2. The smallest absolute Gasteiger partial charge is 0.257 e. The highest BCUT2D eigenvalue weighted by Gasteiger charge is 2.18. The van der Waals surface area contributed by atoms with E-state index in [1.807, 2.05) is 30.3 Å². The van der Waals surface area contributed by atoms with Crippen LogP contribution in [0.1, 0.15) is 25.2 Å². The topological polar surface area (TPSA) is 103 Å². The Morgan fingerprint density at radius 1 is 1.41 bits per heavy atom. The standard InChI is InChI=1S/C15H20N4O3/c1-10(17-13(20)8-12(9-16)21-2)14-18-15(22-19-14)11-6-4-3-5-7-11/h3-7,10,12H,8-9,16H2,1-2H3,(H,17,20). The summed E-state index contributed by atoms with van der Waals surface area (Å²) in [6.45, 7) is 2.08. The minimum atomic E-state index is -0.357. The van der Waals surface area contributed by atoms with Crippen LogP contribution in [0.15, 0.2) is 34.9 Å². The Hall–Kier alpha value is -2.25. The molecule has 0 fully saturated rings. The summed E-state index contributed by atoms with van der Waals surface area (Å²) in [6.07, 6.45) is -0.0989. The summed E-state index contributed by atoms with van der Waals surface area (Å²) in [5.41, 5.74) is 6.33. The zero-order valence-corrected chi connectivity index (χ0v) is 12.7. The number of hydrogen-bond acceptors (Lipinski definition) is 6. The Morgan fingerprint density at radius 3 is 2.77 bits per heavy atom. The summed E-state index contributed by atoms with van der Waals surface area (Å²) in [5.74, 6) is 0.679. The lowest BCUT2D eigenvalue weighted by molar-refractivity contribution is -0.124. The lowest BCUT2D eigenvalue weighted by Gasteiger charge is -2.14. The molecule has 2 aromatic rings. The maximum atomic E-state index is 11.9. The van der Waals surface area contributed by atoms with Gasteiger partial charge in [-0.2, -0.15) is 4.98 Å². The molecule has 1 amide bonds. The molecule has 1 aromatic carbocycles. The van der Waals surface area contributed by atoms with E-state index in [0.717, 1.165) is 5.56 Å². The van der Waals surface area contributed by atoms with Crippen molar-refractivity contribution < 1.29 is 14.1 Å². The molecular formula is C15H20N4O3. The van der Waals surface area contributed by atoms with E-state index in [9.17, 15) is 4.79 Å². The molecule has 0 aliphatic heterocycles. The van der Waals surface area contributed by atoms with Crippen molar-refractivity contribution in [2.24, 2.45) is 5.73 Å². The SMILES string of the molecule is COC(CN)CC(=O)NC(C)c1noc(-c2ccccc2)n1. The molecule has 1 aromatic heterocycles. The molecule has 3 N–H and O–H groups in total. The fraction of sp³-hybridized carbons (Fsp3) is 0.400. The largest absolute Gasteiger partial charge is 0.380 e. The number of carbonyl (C=O) groups excluding carboxylic acids is 1. The van der Waals surface area contributed by atoms with E-state index in [0.29, 0.717) is 18.3 Å². The van der Waals surface area contributed by atoms with Crippen LogP contribution < -0.4 is 11.1 Å². The van der Waals surface area contributed by atoms with Crippen LogP contribution in [0.2, 0.25) is 0 Å². The Morgan fingerprint density at radius 2 is 2.14 bits per heavy atom. The molecule has 1 heterocycles. The lowest BCUT2D eigenvalue weighted by Crippen LogP contribution is -2.33. The number of rotatable bonds is 7. The van der Waals surface area contributed by atoms with Crippen molar-refractivity contribution in [2.45, 2.75) is 25.5 Å². The van der Waals surface area contributed by atoms with Gasteiger partial charge in [-0.1, -0.05) is 23.4 Å². The number of ether oxygens (including phenoxy) is 1.